The van der Waals surface area contributed by atoms with Gasteiger partial charge in [-0.1, -0.05) is 62.4 Å². The van der Waals surface area contributed by atoms with Crippen LogP contribution in [0.15, 0.2) is 39.5 Å². The van der Waals surface area contributed by atoms with Gasteiger partial charge >= 0.3 is 0 Å². The van der Waals surface area contributed by atoms with Crippen molar-refractivity contribution in [3.8, 4) is 0 Å². The largest absolute Gasteiger partial charge is 0.436 e. The molecule has 2 heterocycles. The van der Waals surface area contributed by atoms with Crippen LogP contribution in [-0.2, 0) is 6.54 Å². The molecule has 0 N–H and O–H groups in total. The molecule has 0 aliphatic heterocycles. The highest BCUT2D eigenvalue weighted by molar-refractivity contribution is 6.31. The Morgan fingerprint density at radius 1 is 1.23 bits per heavy atom. The van der Waals surface area contributed by atoms with Crippen molar-refractivity contribution in [1.29, 1.82) is 0 Å². The van der Waals surface area contributed by atoms with E-state index in [-0.39, 0.29) is 11.0 Å². The molecule has 0 atom stereocenters. The van der Waals surface area contributed by atoms with Gasteiger partial charge in [-0.2, -0.15) is 0 Å². The summed E-state index contributed by atoms with van der Waals surface area (Å²) in [4.78, 5) is 17.0. The summed E-state index contributed by atoms with van der Waals surface area (Å²) in [6.07, 6.45) is 7.30. The lowest BCUT2D eigenvalue weighted by atomic mass is 10.1. The molecule has 0 fully saturated rings. The summed E-state index contributed by atoms with van der Waals surface area (Å²) in [5, 5.41) is 1.30. The third-order valence-electron chi connectivity index (χ3n) is 4.46. The van der Waals surface area contributed by atoms with Gasteiger partial charge in [0.1, 0.15) is 5.15 Å². The van der Waals surface area contributed by atoms with Crippen molar-refractivity contribution in [2.45, 2.75) is 45.6 Å². The van der Waals surface area contributed by atoms with Crippen molar-refractivity contribution in [1.82, 2.24) is 9.55 Å². The number of aromatic nitrogens is 2. The van der Waals surface area contributed by atoms with E-state index in [2.05, 4.69) is 18.5 Å². The Kier molecular flexibility index (Phi) is 5.94. The summed E-state index contributed by atoms with van der Waals surface area (Å²) >= 11 is 6.28. The predicted octanol–water partition coefficient (Wildman–Crippen LogP) is 3.85. The fourth-order valence-corrected chi connectivity index (χ4v) is 3.21. The number of unbranched alkanes of at least 4 members (excludes halogenated alkanes) is 4. The molecule has 0 saturated heterocycles. The highest BCUT2D eigenvalue weighted by Crippen LogP contribution is 2.20. The van der Waals surface area contributed by atoms with E-state index in [1.807, 2.05) is 30.3 Å². The third-order valence-corrected chi connectivity index (χ3v) is 4.76. The first kappa shape index (κ1) is 18.5. The number of nitrogens with zero attached hydrogens (tertiary/aromatic N) is 2. The maximum Gasteiger partial charge on any atom is 0.296 e. The summed E-state index contributed by atoms with van der Waals surface area (Å²) in [7, 11) is 0. The van der Waals surface area contributed by atoms with Gasteiger partial charge in [0.2, 0.25) is 0 Å². The topological polar surface area (TPSA) is 48.0 Å². The lowest BCUT2D eigenvalue weighted by Crippen LogP contribution is -2.31. The zero-order valence-electron chi connectivity index (χ0n) is 15.0. The van der Waals surface area contributed by atoms with Gasteiger partial charge in [-0.05, 0) is 31.2 Å². The Morgan fingerprint density at radius 2 is 2.00 bits per heavy atom. The summed E-state index contributed by atoms with van der Waals surface area (Å²) < 4.78 is 7.19. The molecule has 1 aromatic carbocycles. The average Bonchev–Trinajstić information content (AvgIpc) is 2.89. The minimum atomic E-state index is -0.172. The summed E-state index contributed by atoms with van der Waals surface area (Å²) in [5.41, 5.74) is 1.92. The van der Waals surface area contributed by atoms with E-state index in [1.165, 1.54) is 19.3 Å². The average molecular weight is 371 g/mol. The molecule has 0 bridgehead atoms. The van der Waals surface area contributed by atoms with Crippen molar-refractivity contribution in [3.63, 3.8) is 0 Å². The third kappa shape index (κ3) is 4.07. The molecular formula is C21H23ClN2O2. The van der Waals surface area contributed by atoms with Crippen LogP contribution in [0.1, 0.15) is 44.6 Å². The number of pyridine rings is 1. The van der Waals surface area contributed by atoms with E-state index >= 15 is 0 Å². The zero-order chi connectivity index (χ0) is 18.5. The van der Waals surface area contributed by atoms with Crippen LogP contribution in [0.3, 0.4) is 0 Å². The molecule has 3 aromatic rings. The molecule has 0 radical (unpaired) electrons. The van der Waals surface area contributed by atoms with Crippen LogP contribution < -0.4 is 16.5 Å². The Morgan fingerprint density at radius 3 is 2.81 bits per heavy atom. The van der Waals surface area contributed by atoms with E-state index in [4.69, 9.17) is 16.0 Å². The molecule has 136 valence electrons. The first-order valence-corrected chi connectivity index (χ1v) is 9.43. The predicted molar refractivity (Wildman–Crippen MR) is 107 cm³/mol. The lowest BCUT2D eigenvalue weighted by Gasteiger charge is -2.01. The highest BCUT2D eigenvalue weighted by atomic mass is 35.5. The van der Waals surface area contributed by atoms with E-state index < -0.39 is 0 Å². The summed E-state index contributed by atoms with van der Waals surface area (Å²) in [6.45, 7) is 6.67. The van der Waals surface area contributed by atoms with Crippen molar-refractivity contribution in [2.24, 2.45) is 0 Å². The van der Waals surface area contributed by atoms with Crippen molar-refractivity contribution < 1.29 is 4.42 Å². The van der Waals surface area contributed by atoms with Crippen LogP contribution in [0.5, 0.6) is 0 Å². The number of rotatable bonds is 7. The molecule has 26 heavy (non-hydrogen) atoms. The number of benzene rings is 1. The van der Waals surface area contributed by atoms with Crippen LogP contribution in [-0.4, -0.2) is 9.55 Å². The van der Waals surface area contributed by atoms with E-state index in [9.17, 15) is 4.79 Å². The molecule has 4 nitrogen and oxygen atoms in total. The Bertz CT molecular complexity index is 1070. The fourth-order valence-electron chi connectivity index (χ4n) is 3.01. The molecule has 5 heteroatoms. The molecule has 0 aliphatic rings. The second kappa shape index (κ2) is 8.37. The molecule has 0 spiro atoms. The fraction of sp³-hybridized carbons (Fsp3) is 0.333. The van der Waals surface area contributed by atoms with Gasteiger partial charge in [0.25, 0.3) is 5.56 Å². The zero-order valence-corrected chi connectivity index (χ0v) is 15.8. The van der Waals surface area contributed by atoms with Crippen LogP contribution in [0.4, 0.5) is 0 Å². The van der Waals surface area contributed by atoms with E-state index in [1.54, 1.807) is 10.6 Å². The molecule has 0 unspecified atom stereocenters. The van der Waals surface area contributed by atoms with E-state index in [0.717, 1.165) is 23.7 Å². The Hall–Kier alpha value is -2.33. The van der Waals surface area contributed by atoms with Gasteiger partial charge in [-0.15, -0.1) is 0 Å². The smallest absolute Gasteiger partial charge is 0.296 e. The van der Waals surface area contributed by atoms with Crippen LogP contribution in [0.25, 0.3) is 23.6 Å². The quantitative estimate of drug-likeness (QED) is 0.468. The Balaban J connectivity index is 1.90. The van der Waals surface area contributed by atoms with E-state index in [0.29, 0.717) is 22.8 Å². The molecule has 3 rings (SSSR count). The summed E-state index contributed by atoms with van der Waals surface area (Å²) in [5.74, 6) is 0. The van der Waals surface area contributed by atoms with Gasteiger partial charge in [0.15, 0.2) is 11.0 Å². The van der Waals surface area contributed by atoms with Gasteiger partial charge in [-0.25, -0.2) is 4.98 Å². The molecule has 0 amide bonds. The normalized spacial score (nSPS) is 12.2. The maximum atomic E-state index is 12.6. The van der Waals surface area contributed by atoms with Crippen molar-refractivity contribution in [3.05, 3.63) is 62.4 Å². The van der Waals surface area contributed by atoms with Gasteiger partial charge in [0, 0.05) is 17.5 Å². The minimum absolute atomic E-state index is 0.172. The molecule has 0 saturated carbocycles. The number of para-hydroxylation sites is 1. The van der Waals surface area contributed by atoms with Gasteiger partial charge in [0.05, 0.1) is 5.52 Å². The van der Waals surface area contributed by atoms with Crippen molar-refractivity contribution >= 4 is 35.2 Å². The second-order valence-electron chi connectivity index (χ2n) is 6.44. The Labute approximate surface area is 157 Å². The monoisotopic (exact) mass is 370 g/mol. The van der Waals surface area contributed by atoms with Crippen LogP contribution >= 0.6 is 11.6 Å². The SMILES string of the molecule is C=c1o/c(=C/c2cc3ccccc3nc2Cl)c(=O)n1CCCCCCC. The first-order valence-electron chi connectivity index (χ1n) is 9.05. The van der Waals surface area contributed by atoms with Gasteiger partial charge < -0.3 is 4.42 Å². The minimum Gasteiger partial charge on any atom is -0.436 e. The number of oxazole rings is 1. The highest BCUT2D eigenvalue weighted by Gasteiger charge is 2.07. The molecular weight excluding hydrogens is 348 g/mol. The number of hydrogen-bond acceptors (Lipinski definition) is 3. The molecule has 2 aromatic heterocycles. The summed E-state index contributed by atoms with van der Waals surface area (Å²) in [6, 6.07) is 9.62. The maximum absolute atomic E-state index is 12.6. The second-order valence-corrected chi connectivity index (χ2v) is 6.79. The van der Waals surface area contributed by atoms with Gasteiger partial charge in [-0.3, -0.25) is 9.36 Å². The number of halogens is 1. The number of hydrogen-bond donors (Lipinski definition) is 0. The van der Waals surface area contributed by atoms with Crippen molar-refractivity contribution in [2.75, 3.05) is 0 Å². The van der Waals surface area contributed by atoms with Crippen LogP contribution in [0.2, 0.25) is 5.15 Å². The van der Waals surface area contributed by atoms with Crippen LogP contribution in [0, 0.1) is 0 Å². The lowest BCUT2D eigenvalue weighted by molar-refractivity contribution is 0.455. The number of fused-ring (bicyclic) bond motifs is 1. The first-order chi connectivity index (χ1) is 12.6. The molecule has 0 aliphatic carbocycles. The standard InChI is InChI=1S/C21H23ClN2O2/c1-3-4-5-6-9-12-24-15(2)26-19(21(24)25)14-17-13-16-10-7-8-11-18(16)23-20(17)22/h7-8,10-11,13-14H,2-6,9,12H2,1H3/b19-14+.